The second-order valence-electron chi connectivity index (χ2n) is 4.90. The summed E-state index contributed by atoms with van der Waals surface area (Å²) in [5.41, 5.74) is 1.38. The highest BCUT2D eigenvalue weighted by Crippen LogP contribution is 2.18. The lowest BCUT2D eigenvalue weighted by molar-refractivity contribution is 0.294. The van der Waals surface area contributed by atoms with Gasteiger partial charge in [-0.15, -0.1) is 11.3 Å². The zero-order valence-corrected chi connectivity index (χ0v) is 12.4. The van der Waals surface area contributed by atoms with Crippen molar-refractivity contribution in [1.29, 1.82) is 0 Å². The highest BCUT2D eigenvalue weighted by Gasteiger charge is 2.19. The van der Waals surface area contributed by atoms with E-state index < -0.39 is 0 Å². The van der Waals surface area contributed by atoms with Gasteiger partial charge in [-0.05, 0) is 58.4 Å². The van der Waals surface area contributed by atoms with Crippen molar-refractivity contribution < 1.29 is 0 Å². The predicted molar refractivity (Wildman–Crippen MR) is 80.1 cm³/mol. The summed E-state index contributed by atoms with van der Waals surface area (Å²) in [6, 6.07) is 0.499. The Labute approximate surface area is 113 Å². The van der Waals surface area contributed by atoms with Gasteiger partial charge in [0.1, 0.15) is 0 Å². The van der Waals surface area contributed by atoms with E-state index in [0.29, 0.717) is 6.04 Å². The van der Waals surface area contributed by atoms with Gasteiger partial charge in [-0.2, -0.15) is 0 Å². The van der Waals surface area contributed by atoms with Crippen LogP contribution in [0.2, 0.25) is 0 Å². The minimum Gasteiger partial charge on any atom is -0.297 e. The van der Waals surface area contributed by atoms with Gasteiger partial charge in [0.05, 0.1) is 14.9 Å². The first-order valence-electron chi connectivity index (χ1n) is 6.66. The van der Waals surface area contributed by atoms with Gasteiger partial charge in [0.25, 0.3) is 0 Å². The summed E-state index contributed by atoms with van der Waals surface area (Å²) >= 11 is 1.73. The third kappa shape index (κ3) is 2.90. The Morgan fingerprint density at radius 3 is 2.61 bits per heavy atom. The van der Waals surface area contributed by atoms with Crippen molar-refractivity contribution in [2.45, 2.75) is 39.7 Å². The molecule has 1 aliphatic rings. The molecule has 1 aromatic rings. The van der Waals surface area contributed by atoms with Crippen LogP contribution in [0, 0.1) is 6.92 Å². The number of likely N-dealkylation sites (tertiary alicyclic amines) is 1. The van der Waals surface area contributed by atoms with Gasteiger partial charge in [0.15, 0.2) is 0 Å². The molecule has 1 aromatic heterocycles. The number of rotatable bonds is 3. The maximum Gasteiger partial charge on any atom is 0.0907 e. The Morgan fingerprint density at radius 2 is 2.11 bits per heavy atom. The quantitative estimate of drug-likeness (QED) is 0.829. The number of aryl methyl sites for hydroxylation is 1. The Bertz CT molecular complexity index is 535. The van der Waals surface area contributed by atoms with Gasteiger partial charge >= 0.3 is 0 Å². The molecule has 0 N–H and O–H groups in total. The predicted octanol–water partition coefficient (Wildman–Crippen LogP) is 2.07. The zero-order chi connectivity index (χ0) is 13.1. The molecule has 2 heterocycles. The van der Waals surface area contributed by atoms with E-state index >= 15 is 0 Å². The standard InChI is InChI=1S/C15H22N2S/c1-5-14(12(3)17-8-6-7-9-17)10-15-11(2)16-13(4)18-15/h5,10,12H,2,6-9H2,1,3-4H3/b14-5+,15-10+. The maximum absolute atomic E-state index is 4.39. The van der Waals surface area contributed by atoms with Gasteiger partial charge in [-0.3, -0.25) is 4.90 Å². The number of allylic oxidation sites excluding steroid dienone is 1. The fourth-order valence-corrected chi connectivity index (χ4v) is 3.37. The third-order valence-corrected chi connectivity index (χ3v) is 4.60. The molecule has 0 saturated carbocycles. The molecule has 3 heteroatoms. The zero-order valence-electron chi connectivity index (χ0n) is 11.6. The molecule has 1 aliphatic heterocycles. The van der Waals surface area contributed by atoms with Crippen LogP contribution < -0.4 is 9.88 Å². The molecule has 2 nitrogen and oxygen atoms in total. The topological polar surface area (TPSA) is 16.1 Å². The number of hydrogen-bond acceptors (Lipinski definition) is 3. The van der Waals surface area contributed by atoms with Crippen LogP contribution >= 0.6 is 11.3 Å². The summed E-state index contributed by atoms with van der Waals surface area (Å²) in [4.78, 5) is 6.95. The molecule has 0 bridgehead atoms. The minimum absolute atomic E-state index is 0.499. The maximum atomic E-state index is 4.39. The summed E-state index contributed by atoms with van der Waals surface area (Å²) < 4.78 is 1.20. The van der Waals surface area contributed by atoms with Crippen LogP contribution in [0.15, 0.2) is 11.6 Å². The van der Waals surface area contributed by atoms with E-state index in [1.54, 1.807) is 11.3 Å². The van der Waals surface area contributed by atoms with Crippen molar-refractivity contribution >= 4 is 24.0 Å². The van der Waals surface area contributed by atoms with E-state index in [9.17, 15) is 0 Å². The van der Waals surface area contributed by atoms with Gasteiger partial charge in [-0.25, -0.2) is 4.98 Å². The first-order valence-corrected chi connectivity index (χ1v) is 7.48. The SMILES string of the molecule is C=c1nc(C)s/c1=C/C(=C\C)C(C)N1CCCC1. The minimum atomic E-state index is 0.499. The first kappa shape index (κ1) is 13.5. The molecule has 1 atom stereocenters. The summed E-state index contributed by atoms with van der Waals surface area (Å²) in [6.45, 7) is 12.9. The van der Waals surface area contributed by atoms with Gasteiger partial charge in [0.2, 0.25) is 0 Å². The summed E-state index contributed by atoms with van der Waals surface area (Å²) in [6.07, 6.45) is 7.15. The molecule has 98 valence electrons. The van der Waals surface area contributed by atoms with Crippen LogP contribution in [-0.4, -0.2) is 29.0 Å². The molecule has 1 fully saturated rings. The van der Waals surface area contributed by atoms with Crippen molar-refractivity contribution in [3.05, 3.63) is 26.5 Å². The number of nitrogens with zero attached hydrogens (tertiary/aromatic N) is 2. The number of hydrogen-bond donors (Lipinski definition) is 0. The van der Waals surface area contributed by atoms with E-state index in [2.05, 4.69) is 42.5 Å². The highest BCUT2D eigenvalue weighted by molar-refractivity contribution is 7.09. The number of aromatic nitrogens is 1. The van der Waals surface area contributed by atoms with Gasteiger partial charge in [0, 0.05) is 6.04 Å². The van der Waals surface area contributed by atoms with Crippen LogP contribution in [-0.2, 0) is 0 Å². The molecule has 0 aliphatic carbocycles. The molecule has 0 spiro atoms. The van der Waals surface area contributed by atoms with Crippen LogP contribution in [0.1, 0.15) is 31.7 Å². The Balaban J connectivity index is 2.27. The van der Waals surface area contributed by atoms with Crippen LogP contribution in [0.5, 0.6) is 0 Å². The Kier molecular flexibility index (Phi) is 4.36. The summed E-state index contributed by atoms with van der Waals surface area (Å²) in [5, 5.41) is 2.00. The van der Waals surface area contributed by atoms with Gasteiger partial charge in [-0.1, -0.05) is 12.7 Å². The molecule has 0 radical (unpaired) electrons. The Hall–Kier alpha value is -0.930. The summed E-state index contributed by atoms with van der Waals surface area (Å²) in [7, 11) is 0. The van der Waals surface area contributed by atoms with Crippen LogP contribution in [0.3, 0.4) is 0 Å². The molecule has 18 heavy (non-hydrogen) atoms. The lowest BCUT2D eigenvalue weighted by atomic mass is 10.1. The summed E-state index contributed by atoms with van der Waals surface area (Å²) in [5.74, 6) is 0. The van der Waals surface area contributed by atoms with Crippen molar-refractivity contribution in [3.8, 4) is 0 Å². The van der Waals surface area contributed by atoms with E-state index in [4.69, 9.17) is 0 Å². The second kappa shape index (κ2) is 5.81. The molecule has 1 unspecified atom stereocenters. The van der Waals surface area contributed by atoms with Crippen molar-refractivity contribution in [1.82, 2.24) is 9.88 Å². The molecule has 0 aromatic carbocycles. The largest absolute Gasteiger partial charge is 0.297 e. The second-order valence-corrected chi connectivity index (χ2v) is 6.13. The third-order valence-electron chi connectivity index (χ3n) is 3.64. The van der Waals surface area contributed by atoms with Crippen molar-refractivity contribution in [3.63, 3.8) is 0 Å². The normalized spacial score (nSPS) is 20.6. The molecule has 1 saturated heterocycles. The monoisotopic (exact) mass is 262 g/mol. The lowest BCUT2D eigenvalue weighted by Gasteiger charge is -2.24. The average Bonchev–Trinajstić information content (AvgIpc) is 2.95. The van der Waals surface area contributed by atoms with Gasteiger partial charge < -0.3 is 0 Å². The smallest absolute Gasteiger partial charge is 0.0907 e. The number of thiazole rings is 1. The Morgan fingerprint density at radius 1 is 1.44 bits per heavy atom. The van der Waals surface area contributed by atoms with E-state index in [-0.39, 0.29) is 0 Å². The van der Waals surface area contributed by atoms with Crippen LogP contribution in [0.4, 0.5) is 0 Å². The first-order chi connectivity index (χ1) is 8.61. The molecule has 0 amide bonds. The lowest BCUT2D eigenvalue weighted by Crippen LogP contribution is -2.32. The average molecular weight is 262 g/mol. The van der Waals surface area contributed by atoms with E-state index in [1.807, 2.05) is 6.92 Å². The van der Waals surface area contributed by atoms with Crippen molar-refractivity contribution in [2.75, 3.05) is 13.1 Å². The van der Waals surface area contributed by atoms with E-state index in [0.717, 1.165) is 10.4 Å². The highest BCUT2D eigenvalue weighted by atomic mass is 32.1. The van der Waals surface area contributed by atoms with Crippen molar-refractivity contribution in [2.24, 2.45) is 0 Å². The molecular formula is C15H22N2S. The fraction of sp³-hybridized carbons (Fsp3) is 0.533. The fourth-order valence-electron chi connectivity index (χ4n) is 2.53. The molecular weight excluding hydrogens is 240 g/mol. The molecule has 2 rings (SSSR count). The van der Waals surface area contributed by atoms with E-state index in [1.165, 1.54) is 36.0 Å². The van der Waals surface area contributed by atoms with Crippen LogP contribution in [0.25, 0.3) is 12.7 Å².